The number of carbonyl (C=O) groups excluding carboxylic acids is 1. The second-order valence-electron chi connectivity index (χ2n) is 6.27. The van der Waals surface area contributed by atoms with Crippen LogP contribution in [0.1, 0.15) is 54.6 Å². The van der Waals surface area contributed by atoms with Crippen LogP contribution in [0.2, 0.25) is 0 Å². The molecule has 3 rings (SSSR count). The van der Waals surface area contributed by atoms with Crippen LogP contribution < -0.4 is 11.3 Å². The van der Waals surface area contributed by atoms with E-state index in [-0.39, 0.29) is 5.91 Å². The highest BCUT2D eigenvalue weighted by Gasteiger charge is 2.36. The smallest absolute Gasteiger partial charge is 0.257 e. The zero-order valence-electron chi connectivity index (χ0n) is 12.6. The molecule has 1 aliphatic carbocycles. The predicted octanol–water partition coefficient (Wildman–Crippen LogP) is 2.47. The van der Waals surface area contributed by atoms with Gasteiger partial charge in [-0.05, 0) is 44.6 Å². The number of hydrogen-bond acceptors (Lipinski definition) is 4. The number of hydrogen-bond donors (Lipinski definition) is 2. The number of amides is 1. The van der Waals surface area contributed by atoms with E-state index in [2.05, 4.69) is 15.3 Å². The van der Waals surface area contributed by atoms with Crippen LogP contribution in [0.15, 0.2) is 12.3 Å². The van der Waals surface area contributed by atoms with Crippen molar-refractivity contribution in [2.24, 2.45) is 11.8 Å². The number of hydrazine groups is 1. The maximum absolute atomic E-state index is 12.9. The summed E-state index contributed by atoms with van der Waals surface area (Å²) in [7, 11) is 0. The molecule has 0 aromatic carbocycles. The molecule has 2 aliphatic rings. The molecule has 1 amide bonds. The molecular formula is C16H24N4O. The molecule has 21 heavy (non-hydrogen) atoms. The molecular weight excluding hydrogens is 264 g/mol. The van der Waals surface area contributed by atoms with Crippen molar-refractivity contribution in [2.45, 2.75) is 51.5 Å². The normalized spacial score (nSPS) is 25.3. The van der Waals surface area contributed by atoms with Gasteiger partial charge in [0.25, 0.3) is 5.91 Å². The van der Waals surface area contributed by atoms with Crippen LogP contribution in [-0.4, -0.2) is 28.4 Å². The Hall–Kier alpha value is -1.62. The van der Waals surface area contributed by atoms with E-state index in [1.807, 2.05) is 13.0 Å². The third-order valence-electron chi connectivity index (χ3n) is 4.93. The number of nitrogens with two attached hydrogens (primary N) is 1. The average Bonchev–Trinajstić information content (AvgIpc) is 2.53. The summed E-state index contributed by atoms with van der Waals surface area (Å²) < 4.78 is 0. The lowest BCUT2D eigenvalue weighted by atomic mass is 9.78. The Morgan fingerprint density at radius 2 is 2.10 bits per heavy atom. The van der Waals surface area contributed by atoms with Crippen molar-refractivity contribution in [3.8, 4) is 0 Å². The highest BCUT2D eigenvalue weighted by molar-refractivity contribution is 5.99. The number of piperidine rings is 1. The number of aryl methyl sites for hydroxylation is 1. The van der Waals surface area contributed by atoms with Gasteiger partial charge >= 0.3 is 0 Å². The standard InChI is InChI=1S/C16H24N4O/c1-11-9-14(19-17)13(10-18-11)16(21)20-8-4-6-12-5-2-3-7-15(12)20/h9-10,12,15H,2-8,17H2,1H3,(H,18,19)/t12-,15-/m1/s1. The highest BCUT2D eigenvalue weighted by atomic mass is 16.2. The molecule has 114 valence electrons. The van der Waals surface area contributed by atoms with E-state index in [0.717, 1.165) is 25.1 Å². The molecule has 0 unspecified atom stereocenters. The molecule has 1 aliphatic heterocycles. The van der Waals surface area contributed by atoms with Gasteiger partial charge in [0.1, 0.15) is 0 Å². The highest BCUT2D eigenvalue weighted by Crippen LogP contribution is 2.36. The monoisotopic (exact) mass is 288 g/mol. The Bertz CT molecular complexity index is 529. The van der Waals surface area contributed by atoms with Crippen molar-refractivity contribution in [2.75, 3.05) is 12.0 Å². The number of carbonyl (C=O) groups is 1. The Balaban J connectivity index is 1.87. The number of nitrogens with zero attached hydrogens (tertiary/aromatic N) is 2. The van der Waals surface area contributed by atoms with Crippen molar-refractivity contribution in [3.63, 3.8) is 0 Å². The molecule has 2 heterocycles. The molecule has 2 fully saturated rings. The Kier molecular flexibility index (Phi) is 4.10. The zero-order valence-corrected chi connectivity index (χ0v) is 12.6. The fourth-order valence-electron chi connectivity index (χ4n) is 3.88. The third-order valence-corrected chi connectivity index (χ3v) is 4.93. The molecule has 1 saturated carbocycles. The molecule has 5 heteroatoms. The topological polar surface area (TPSA) is 71.2 Å². The molecule has 0 spiro atoms. The van der Waals surface area contributed by atoms with E-state index in [0.29, 0.717) is 23.2 Å². The van der Waals surface area contributed by atoms with E-state index in [1.165, 1.54) is 25.7 Å². The minimum Gasteiger partial charge on any atom is -0.335 e. The molecule has 5 nitrogen and oxygen atoms in total. The summed E-state index contributed by atoms with van der Waals surface area (Å²) in [5.41, 5.74) is 4.76. The van der Waals surface area contributed by atoms with Gasteiger partial charge in [-0.2, -0.15) is 0 Å². The van der Waals surface area contributed by atoms with Gasteiger partial charge in [-0.1, -0.05) is 12.8 Å². The largest absolute Gasteiger partial charge is 0.335 e. The van der Waals surface area contributed by atoms with Crippen LogP contribution in [-0.2, 0) is 0 Å². The Labute approximate surface area is 125 Å². The van der Waals surface area contributed by atoms with Gasteiger partial charge in [0.15, 0.2) is 0 Å². The number of nitrogens with one attached hydrogen (secondary N) is 1. The van der Waals surface area contributed by atoms with Gasteiger partial charge in [-0.25, -0.2) is 0 Å². The molecule has 0 radical (unpaired) electrons. The Morgan fingerprint density at radius 1 is 1.33 bits per heavy atom. The van der Waals surface area contributed by atoms with Crippen molar-refractivity contribution in [3.05, 3.63) is 23.5 Å². The van der Waals surface area contributed by atoms with E-state index >= 15 is 0 Å². The minimum absolute atomic E-state index is 0.0760. The van der Waals surface area contributed by atoms with Gasteiger partial charge in [-0.15, -0.1) is 0 Å². The molecule has 2 atom stereocenters. The lowest BCUT2D eigenvalue weighted by Crippen LogP contribution is -2.49. The lowest BCUT2D eigenvalue weighted by molar-refractivity contribution is 0.0391. The number of rotatable bonds is 2. The average molecular weight is 288 g/mol. The number of nitrogen functional groups attached to an aromatic ring is 1. The van der Waals surface area contributed by atoms with E-state index in [4.69, 9.17) is 5.84 Å². The molecule has 1 aromatic rings. The molecule has 1 aromatic heterocycles. The van der Waals surface area contributed by atoms with Gasteiger partial charge in [0.2, 0.25) is 0 Å². The van der Waals surface area contributed by atoms with Gasteiger partial charge in [0, 0.05) is 24.5 Å². The summed E-state index contributed by atoms with van der Waals surface area (Å²) in [5, 5.41) is 0. The van der Waals surface area contributed by atoms with Crippen LogP contribution in [0.5, 0.6) is 0 Å². The summed E-state index contributed by atoms with van der Waals surface area (Å²) in [6, 6.07) is 2.24. The van der Waals surface area contributed by atoms with Gasteiger partial charge < -0.3 is 10.3 Å². The maximum Gasteiger partial charge on any atom is 0.257 e. The minimum atomic E-state index is 0.0760. The quantitative estimate of drug-likeness (QED) is 0.648. The predicted molar refractivity (Wildman–Crippen MR) is 82.8 cm³/mol. The number of fused-ring (bicyclic) bond motifs is 1. The second-order valence-corrected chi connectivity index (χ2v) is 6.27. The van der Waals surface area contributed by atoms with Crippen molar-refractivity contribution in [1.29, 1.82) is 0 Å². The molecule has 1 saturated heterocycles. The van der Waals surface area contributed by atoms with Crippen LogP contribution in [0.4, 0.5) is 5.69 Å². The summed E-state index contributed by atoms with van der Waals surface area (Å²) in [6.45, 7) is 2.76. The number of pyridine rings is 1. The second kappa shape index (κ2) is 6.02. The SMILES string of the molecule is Cc1cc(NN)c(C(=O)N2CCC[C@H]3CCCC[C@H]32)cn1. The van der Waals surface area contributed by atoms with Crippen LogP contribution in [0.3, 0.4) is 0 Å². The summed E-state index contributed by atoms with van der Waals surface area (Å²) in [6.07, 6.45) is 8.98. The fraction of sp³-hybridized carbons (Fsp3) is 0.625. The number of likely N-dealkylation sites (tertiary alicyclic amines) is 1. The van der Waals surface area contributed by atoms with Crippen molar-refractivity contribution in [1.82, 2.24) is 9.88 Å². The Morgan fingerprint density at radius 3 is 2.90 bits per heavy atom. The fourth-order valence-corrected chi connectivity index (χ4v) is 3.88. The van der Waals surface area contributed by atoms with E-state index in [9.17, 15) is 4.79 Å². The molecule has 3 N–H and O–H groups in total. The van der Waals surface area contributed by atoms with Crippen molar-refractivity contribution < 1.29 is 4.79 Å². The van der Waals surface area contributed by atoms with E-state index in [1.54, 1.807) is 6.20 Å². The summed E-state index contributed by atoms with van der Waals surface area (Å²) in [5.74, 6) is 6.33. The van der Waals surface area contributed by atoms with Crippen molar-refractivity contribution >= 4 is 11.6 Å². The summed E-state index contributed by atoms with van der Waals surface area (Å²) >= 11 is 0. The summed E-state index contributed by atoms with van der Waals surface area (Å²) in [4.78, 5) is 19.3. The zero-order chi connectivity index (χ0) is 14.8. The van der Waals surface area contributed by atoms with Crippen LogP contribution in [0, 0.1) is 12.8 Å². The van der Waals surface area contributed by atoms with Crippen LogP contribution >= 0.6 is 0 Å². The molecule has 0 bridgehead atoms. The number of aromatic nitrogens is 1. The maximum atomic E-state index is 12.9. The first-order valence-electron chi connectivity index (χ1n) is 7.95. The van der Waals surface area contributed by atoms with Gasteiger partial charge in [-0.3, -0.25) is 15.6 Å². The third kappa shape index (κ3) is 2.75. The first-order chi connectivity index (χ1) is 10.2. The van der Waals surface area contributed by atoms with Gasteiger partial charge in [0.05, 0.1) is 11.3 Å². The first kappa shape index (κ1) is 14.3. The number of anilines is 1. The van der Waals surface area contributed by atoms with Crippen LogP contribution in [0.25, 0.3) is 0 Å². The van der Waals surface area contributed by atoms with E-state index < -0.39 is 0 Å². The first-order valence-corrected chi connectivity index (χ1v) is 7.95. The lowest BCUT2D eigenvalue weighted by Gasteiger charge is -2.44.